The maximum atomic E-state index is 12.0. The molecule has 20 heavy (non-hydrogen) atoms. The van der Waals surface area contributed by atoms with E-state index in [4.69, 9.17) is 0 Å². The van der Waals surface area contributed by atoms with Gasteiger partial charge in [-0.1, -0.05) is 11.6 Å². The van der Waals surface area contributed by atoms with E-state index in [1.54, 1.807) is 19.2 Å². The van der Waals surface area contributed by atoms with Crippen molar-refractivity contribution in [3.63, 3.8) is 0 Å². The van der Waals surface area contributed by atoms with Crippen LogP contribution in [0.25, 0.3) is 0 Å². The van der Waals surface area contributed by atoms with Gasteiger partial charge in [0.15, 0.2) is 0 Å². The quantitative estimate of drug-likeness (QED) is 0.778. The Labute approximate surface area is 119 Å². The molecule has 0 bridgehead atoms. The molecule has 1 aromatic carbocycles. The maximum Gasteiger partial charge on any atom is 0.253 e. The minimum Gasteiger partial charge on any atom is -0.355 e. The Balaban J connectivity index is 2.07. The van der Waals surface area contributed by atoms with Crippen molar-refractivity contribution in [2.24, 2.45) is 0 Å². The predicted octanol–water partition coefficient (Wildman–Crippen LogP) is 1.44. The molecule has 2 amide bonds. The van der Waals surface area contributed by atoms with E-state index in [0.29, 0.717) is 17.7 Å². The average molecular weight is 275 g/mol. The van der Waals surface area contributed by atoms with Crippen LogP contribution >= 0.6 is 0 Å². The van der Waals surface area contributed by atoms with Crippen LogP contribution in [-0.2, 0) is 4.79 Å². The fourth-order valence-corrected chi connectivity index (χ4v) is 2.45. The molecule has 2 rings (SSSR count). The van der Waals surface area contributed by atoms with Crippen molar-refractivity contribution in [1.29, 1.82) is 0 Å². The Hall–Kier alpha value is -1.88. The summed E-state index contributed by atoms with van der Waals surface area (Å²) in [5.41, 5.74) is 2.05. The molecule has 5 nitrogen and oxygen atoms in total. The number of hydrogen-bond acceptors (Lipinski definition) is 3. The van der Waals surface area contributed by atoms with Gasteiger partial charge in [-0.15, -0.1) is 0 Å². The third kappa shape index (κ3) is 3.57. The lowest BCUT2D eigenvalue weighted by Crippen LogP contribution is -2.28. The second-order valence-electron chi connectivity index (χ2n) is 5.17. The van der Waals surface area contributed by atoms with Crippen molar-refractivity contribution >= 4 is 17.5 Å². The van der Waals surface area contributed by atoms with Gasteiger partial charge in [0, 0.05) is 19.5 Å². The van der Waals surface area contributed by atoms with Gasteiger partial charge < -0.3 is 16.0 Å². The Morgan fingerprint density at radius 2 is 2.20 bits per heavy atom. The molecule has 108 valence electrons. The van der Waals surface area contributed by atoms with Crippen molar-refractivity contribution < 1.29 is 9.59 Å². The highest BCUT2D eigenvalue weighted by molar-refractivity contribution is 6.03. The second-order valence-corrected chi connectivity index (χ2v) is 5.17. The molecule has 1 aromatic rings. The van der Waals surface area contributed by atoms with Gasteiger partial charge in [-0.05, 0) is 38.4 Å². The molecule has 0 aliphatic carbocycles. The molecule has 1 atom stereocenters. The van der Waals surface area contributed by atoms with Gasteiger partial charge in [0.1, 0.15) is 0 Å². The molecule has 1 aliphatic heterocycles. The lowest BCUT2D eigenvalue weighted by Gasteiger charge is -2.13. The lowest BCUT2D eigenvalue weighted by atomic mass is 10.1. The van der Waals surface area contributed by atoms with E-state index >= 15 is 0 Å². The van der Waals surface area contributed by atoms with E-state index in [1.165, 1.54) is 0 Å². The van der Waals surface area contributed by atoms with E-state index in [-0.39, 0.29) is 17.9 Å². The SMILES string of the molecule is CNC(=O)c1cc(C)ccc1NC(=O)CC1CCCN1. The Morgan fingerprint density at radius 1 is 1.40 bits per heavy atom. The highest BCUT2D eigenvalue weighted by Gasteiger charge is 2.19. The number of anilines is 1. The second kappa shape index (κ2) is 6.52. The Kier molecular flexibility index (Phi) is 4.74. The summed E-state index contributed by atoms with van der Waals surface area (Å²) in [6.07, 6.45) is 2.59. The summed E-state index contributed by atoms with van der Waals surface area (Å²) < 4.78 is 0. The van der Waals surface area contributed by atoms with Gasteiger partial charge in [-0.25, -0.2) is 0 Å². The monoisotopic (exact) mass is 275 g/mol. The molecule has 0 spiro atoms. The van der Waals surface area contributed by atoms with Crippen LogP contribution in [0.5, 0.6) is 0 Å². The minimum absolute atomic E-state index is 0.0570. The molecule has 0 radical (unpaired) electrons. The van der Waals surface area contributed by atoms with Gasteiger partial charge in [0.2, 0.25) is 5.91 Å². The highest BCUT2D eigenvalue weighted by atomic mass is 16.2. The fourth-order valence-electron chi connectivity index (χ4n) is 2.45. The third-order valence-corrected chi connectivity index (χ3v) is 3.52. The normalized spacial score (nSPS) is 17.8. The van der Waals surface area contributed by atoms with Crippen LogP contribution in [-0.4, -0.2) is 31.4 Å². The summed E-state index contributed by atoms with van der Waals surface area (Å²) in [7, 11) is 1.58. The average Bonchev–Trinajstić information content (AvgIpc) is 2.92. The first-order valence-corrected chi connectivity index (χ1v) is 6.96. The van der Waals surface area contributed by atoms with E-state index in [1.807, 2.05) is 13.0 Å². The first-order chi connectivity index (χ1) is 9.60. The van der Waals surface area contributed by atoms with Gasteiger partial charge in [0.25, 0.3) is 5.91 Å². The largest absolute Gasteiger partial charge is 0.355 e. The predicted molar refractivity (Wildman–Crippen MR) is 78.8 cm³/mol. The van der Waals surface area contributed by atoms with Crippen molar-refractivity contribution in [1.82, 2.24) is 10.6 Å². The number of benzene rings is 1. The molecule has 1 aliphatic rings. The first kappa shape index (κ1) is 14.5. The maximum absolute atomic E-state index is 12.0. The molecule has 3 N–H and O–H groups in total. The molecule has 1 saturated heterocycles. The molecule has 1 unspecified atom stereocenters. The van der Waals surface area contributed by atoms with Crippen molar-refractivity contribution in [2.45, 2.75) is 32.2 Å². The van der Waals surface area contributed by atoms with Crippen LogP contribution in [0, 0.1) is 6.92 Å². The summed E-state index contributed by atoms with van der Waals surface area (Å²) in [6, 6.07) is 5.70. The van der Waals surface area contributed by atoms with E-state index in [2.05, 4.69) is 16.0 Å². The standard InChI is InChI=1S/C15H21N3O2/c1-10-5-6-13(12(8-10)15(20)16-2)18-14(19)9-11-4-3-7-17-11/h5-6,8,11,17H,3-4,7,9H2,1-2H3,(H,16,20)(H,18,19). The smallest absolute Gasteiger partial charge is 0.253 e. The van der Waals surface area contributed by atoms with E-state index < -0.39 is 0 Å². The zero-order valence-electron chi connectivity index (χ0n) is 12.0. The minimum atomic E-state index is -0.192. The van der Waals surface area contributed by atoms with Crippen LogP contribution in [0.1, 0.15) is 35.2 Å². The van der Waals surface area contributed by atoms with E-state index in [0.717, 1.165) is 24.9 Å². The van der Waals surface area contributed by atoms with Crippen LogP contribution < -0.4 is 16.0 Å². The van der Waals surface area contributed by atoms with Crippen LogP contribution in [0.4, 0.5) is 5.69 Å². The highest BCUT2D eigenvalue weighted by Crippen LogP contribution is 2.18. The first-order valence-electron chi connectivity index (χ1n) is 6.96. The van der Waals surface area contributed by atoms with Gasteiger partial charge in [-0.2, -0.15) is 0 Å². The molecular formula is C15H21N3O2. The van der Waals surface area contributed by atoms with Gasteiger partial charge in [-0.3, -0.25) is 9.59 Å². The van der Waals surface area contributed by atoms with Crippen molar-refractivity contribution in [3.05, 3.63) is 29.3 Å². The number of nitrogens with one attached hydrogen (secondary N) is 3. The Bertz CT molecular complexity index is 508. The van der Waals surface area contributed by atoms with Crippen molar-refractivity contribution in [3.8, 4) is 0 Å². The molecule has 0 aromatic heterocycles. The fraction of sp³-hybridized carbons (Fsp3) is 0.467. The van der Waals surface area contributed by atoms with Crippen molar-refractivity contribution in [2.75, 3.05) is 18.9 Å². The number of amides is 2. The summed E-state index contributed by atoms with van der Waals surface area (Å²) in [4.78, 5) is 23.9. The number of carbonyl (C=O) groups excluding carboxylic acids is 2. The topological polar surface area (TPSA) is 70.2 Å². The summed E-state index contributed by atoms with van der Waals surface area (Å²) in [6.45, 7) is 2.90. The summed E-state index contributed by atoms with van der Waals surface area (Å²) >= 11 is 0. The zero-order chi connectivity index (χ0) is 14.5. The number of carbonyl (C=O) groups is 2. The molecule has 0 saturated carbocycles. The number of hydrogen-bond donors (Lipinski definition) is 3. The number of rotatable bonds is 4. The summed E-state index contributed by atoms with van der Waals surface area (Å²) in [5, 5.41) is 8.72. The number of aryl methyl sites for hydroxylation is 1. The summed E-state index contributed by atoms with van der Waals surface area (Å²) in [5.74, 6) is -0.249. The van der Waals surface area contributed by atoms with Gasteiger partial charge >= 0.3 is 0 Å². The zero-order valence-corrected chi connectivity index (χ0v) is 12.0. The molecular weight excluding hydrogens is 254 g/mol. The van der Waals surface area contributed by atoms with Crippen LogP contribution in [0.2, 0.25) is 0 Å². The molecule has 1 heterocycles. The Morgan fingerprint density at radius 3 is 2.85 bits per heavy atom. The lowest BCUT2D eigenvalue weighted by molar-refractivity contribution is -0.116. The molecule has 5 heteroatoms. The third-order valence-electron chi connectivity index (χ3n) is 3.52. The van der Waals surface area contributed by atoms with Gasteiger partial charge in [0.05, 0.1) is 11.3 Å². The van der Waals surface area contributed by atoms with E-state index in [9.17, 15) is 9.59 Å². The van der Waals surface area contributed by atoms with Crippen LogP contribution in [0.15, 0.2) is 18.2 Å². The van der Waals surface area contributed by atoms with Crippen LogP contribution in [0.3, 0.4) is 0 Å². The molecule has 1 fully saturated rings.